The Bertz CT molecular complexity index is 406. The highest BCUT2D eigenvalue weighted by Crippen LogP contribution is 2.25. The van der Waals surface area contributed by atoms with Crippen molar-refractivity contribution in [2.75, 3.05) is 26.7 Å². The van der Waals surface area contributed by atoms with Crippen molar-refractivity contribution in [1.29, 1.82) is 0 Å². The van der Waals surface area contributed by atoms with Gasteiger partial charge in [0.05, 0.1) is 20.8 Å². The van der Waals surface area contributed by atoms with Crippen LogP contribution in [0.15, 0.2) is 18.2 Å². The van der Waals surface area contributed by atoms with Crippen LogP contribution in [0.4, 0.5) is 0 Å². The molecule has 0 aliphatic carbocycles. The maximum Gasteiger partial charge on any atom is 0.341 e. The molecule has 1 aromatic rings. The third-order valence-electron chi connectivity index (χ3n) is 2.63. The first kappa shape index (κ1) is 15.6. The summed E-state index contributed by atoms with van der Waals surface area (Å²) in [7, 11) is 2.91. The molecule has 5 heteroatoms. The molecule has 0 spiro atoms. The molecule has 106 valence electrons. The fraction of sp³-hybridized carbons (Fsp3) is 0.500. The summed E-state index contributed by atoms with van der Waals surface area (Å²) in [6, 6.07) is 5.03. The molecule has 0 bridgehead atoms. The van der Waals surface area contributed by atoms with Gasteiger partial charge in [0.1, 0.15) is 17.1 Å². The molecule has 0 fully saturated rings. The monoisotopic (exact) mass is 286 g/mol. The number of unbranched alkanes of at least 4 members (excludes halogenated alkanes) is 2. The van der Waals surface area contributed by atoms with Crippen molar-refractivity contribution < 1.29 is 19.0 Å². The Morgan fingerprint density at radius 3 is 2.63 bits per heavy atom. The fourth-order valence-corrected chi connectivity index (χ4v) is 1.77. The van der Waals surface area contributed by atoms with Gasteiger partial charge in [0.2, 0.25) is 0 Å². The Kier molecular flexibility index (Phi) is 7.11. The molecule has 0 N–H and O–H groups in total. The van der Waals surface area contributed by atoms with E-state index in [1.807, 2.05) is 0 Å². The molecular weight excluding hydrogens is 268 g/mol. The summed E-state index contributed by atoms with van der Waals surface area (Å²) < 4.78 is 15.5. The summed E-state index contributed by atoms with van der Waals surface area (Å²) >= 11 is 5.60. The largest absolute Gasteiger partial charge is 0.497 e. The number of alkyl halides is 1. The second kappa shape index (κ2) is 8.64. The molecule has 0 aliphatic rings. The number of hydrogen-bond acceptors (Lipinski definition) is 4. The first-order chi connectivity index (χ1) is 9.22. The van der Waals surface area contributed by atoms with Crippen molar-refractivity contribution in [2.24, 2.45) is 0 Å². The van der Waals surface area contributed by atoms with Gasteiger partial charge >= 0.3 is 5.97 Å². The molecule has 0 heterocycles. The zero-order valence-electron chi connectivity index (χ0n) is 11.3. The average Bonchev–Trinajstić information content (AvgIpc) is 2.46. The van der Waals surface area contributed by atoms with Crippen LogP contribution in [-0.2, 0) is 4.74 Å². The Morgan fingerprint density at radius 2 is 2.00 bits per heavy atom. The molecule has 0 unspecified atom stereocenters. The van der Waals surface area contributed by atoms with Crippen LogP contribution in [0.5, 0.6) is 11.5 Å². The number of methoxy groups -OCH3 is 2. The SMILES string of the molecule is COC(=O)c1ccc(OC)cc1OCCCCCCl. The van der Waals surface area contributed by atoms with Crippen molar-refractivity contribution >= 4 is 17.6 Å². The van der Waals surface area contributed by atoms with E-state index in [0.29, 0.717) is 29.5 Å². The maximum absolute atomic E-state index is 11.6. The van der Waals surface area contributed by atoms with Gasteiger partial charge < -0.3 is 14.2 Å². The Hall–Kier alpha value is -1.42. The highest BCUT2D eigenvalue weighted by atomic mass is 35.5. The van der Waals surface area contributed by atoms with E-state index in [0.717, 1.165) is 19.3 Å². The van der Waals surface area contributed by atoms with E-state index in [4.69, 9.17) is 25.8 Å². The third kappa shape index (κ3) is 4.99. The second-order valence-corrected chi connectivity index (χ2v) is 4.33. The van der Waals surface area contributed by atoms with Gasteiger partial charge in [0, 0.05) is 11.9 Å². The van der Waals surface area contributed by atoms with Gasteiger partial charge in [-0.05, 0) is 31.4 Å². The van der Waals surface area contributed by atoms with Crippen LogP contribution in [0.3, 0.4) is 0 Å². The van der Waals surface area contributed by atoms with Gasteiger partial charge in [-0.15, -0.1) is 11.6 Å². The first-order valence-electron chi connectivity index (χ1n) is 6.18. The normalized spacial score (nSPS) is 10.1. The molecule has 4 nitrogen and oxygen atoms in total. The molecule has 0 aromatic heterocycles. The predicted octanol–water partition coefficient (Wildman–Crippen LogP) is 3.27. The number of halogens is 1. The zero-order chi connectivity index (χ0) is 14.1. The number of esters is 1. The first-order valence-corrected chi connectivity index (χ1v) is 6.71. The van der Waals surface area contributed by atoms with E-state index in [-0.39, 0.29) is 0 Å². The molecule has 0 atom stereocenters. The molecular formula is C14H19ClO4. The predicted molar refractivity (Wildman–Crippen MR) is 74.4 cm³/mol. The highest BCUT2D eigenvalue weighted by molar-refractivity contribution is 6.17. The third-order valence-corrected chi connectivity index (χ3v) is 2.90. The van der Waals surface area contributed by atoms with Crippen LogP contribution in [0.1, 0.15) is 29.6 Å². The molecule has 0 aliphatic heterocycles. The molecule has 0 radical (unpaired) electrons. The van der Waals surface area contributed by atoms with Gasteiger partial charge in [-0.2, -0.15) is 0 Å². The van der Waals surface area contributed by atoms with Crippen LogP contribution in [0.25, 0.3) is 0 Å². The standard InChI is InChI=1S/C14H19ClO4/c1-17-11-6-7-12(14(16)18-2)13(10-11)19-9-5-3-4-8-15/h6-7,10H,3-5,8-9H2,1-2H3. The minimum absolute atomic E-state index is 0.403. The smallest absolute Gasteiger partial charge is 0.341 e. The minimum Gasteiger partial charge on any atom is -0.497 e. The summed E-state index contributed by atoms with van der Waals surface area (Å²) in [6.07, 6.45) is 2.86. The van der Waals surface area contributed by atoms with Crippen LogP contribution >= 0.6 is 11.6 Å². The topological polar surface area (TPSA) is 44.8 Å². The summed E-state index contributed by atoms with van der Waals surface area (Å²) in [5.74, 6) is 1.37. The lowest BCUT2D eigenvalue weighted by Crippen LogP contribution is -2.07. The summed E-state index contributed by atoms with van der Waals surface area (Å²) in [5, 5.41) is 0. The van der Waals surface area contributed by atoms with E-state index in [1.54, 1.807) is 25.3 Å². The lowest BCUT2D eigenvalue weighted by molar-refractivity contribution is 0.0596. The lowest BCUT2D eigenvalue weighted by atomic mass is 10.2. The Labute approximate surface area is 118 Å². The number of carbonyl (C=O) groups excluding carboxylic acids is 1. The molecule has 19 heavy (non-hydrogen) atoms. The summed E-state index contributed by atoms with van der Waals surface area (Å²) in [4.78, 5) is 11.6. The number of ether oxygens (including phenoxy) is 3. The van der Waals surface area contributed by atoms with Crippen LogP contribution in [0.2, 0.25) is 0 Å². The van der Waals surface area contributed by atoms with Gasteiger partial charge in [-0.1, -0.05) is 0 Å². The second-order valence-electron chi connectivity index (χ2n) is 3.95. The van der Waals surface area contributed by atoms with Gasteiger partial charge in [0.25, 0.3) is 0 Å². The molecule has 1 rings (SSSR count). The van der Waals surface area contributed by atoms with E-state index in [2.05, 4.69) is 0 Å². The number of carbonyl (C=O) groups is 1. The number of hydrogen-bond donors (Lipinski definition) is 0. The van der Waals surface area contributed by atoms with E-state index >= 15 is 0 Å². The summed E-state index contributed by atoms with van der Waals surface area (Å²) in [6.45, 7) is 0.536. The Morgan fingerprint density at radius 1 is 1.21 bits per heavy atom. The van der Waals surface area contributed by atoms with E-state index < -0.39 is 5.97 Å². The molecule has 0 saturated heterocycles. The number of benzene rings is 1. The average molecular weight is 287 g/mol. The van der Waals surface area contributed by atoms with Gasteiger partial charge in [-0.25, -0.2) is 4.79 Å². The Balaban J connectivity index is 2.69. The van der Waals surface area contributed by atoms with Crippen molar-refractivity contribution in [3.63, 3.8) is 0 Å². The molecule has 1 aromatic carbocycles. The zero-order valence-corrected chi connectivity index (χ0v) is 12.0. The van der Waals surface area contributed by atoms with E-state index in [1.165, 1.54) is 7.11 Å². The van der Waals surface area contributed by atoms with Gasteiger partial charge in [-0.3, -0.25) is 0 Å². The van der Waals surface area contributed by atoms with Gasteiger partial charge in [0.15, 0.2) is 0 Å². The maximum atomic E-state index is 11.6. The number of rotatable bonds is 8. The quantitative estimate of drug-likeness (QED) is 0.418. The van der Waals surface area contributed by atoms with Crippen molar-refractivity contribution in [3.05, 3.63) is 23.8 Å². The fourth-order valence-electron chi connectivity index (χ4n) is 1.58. The van der Waals surface area contributed by atoms with E-state index in [9.17, 15) is 4.79 Å². The van der Waals surface area contributed by atoms with Crippen LogP contribution in [-0.4, -0.2) is 32.7 Å². The van der Waals surface area contributed by atoms with Crippen LogP contribution in [0, 0.1) is 0 Å². The van der Waals surface area contributed by atoms with Crippen molar-refractivity contribution in [2.45, 2.75) is 19.3 Å². The van der Waals surface area contributed by atoms with Crippen LogP contribution < -0.4 is 9.47 Å². The lowest BCUT2D eigenvalue weighted by Gasteiger charge is -2.11. The molecule has 0 saturated carbocycles. The minimum atomic E-state index is -0.418. The highest BCUT2D eigenvalue weighted by Gasteiger charge is 2.14. The molecule has 0 amide bonds. The van der Waals surface area contributed by atoms with Crippen molar-refractivity contribution in [1.82, 2.24) is 0 Å². The van der Waals surface area contributed by atoms with Crippen molar-refractivity contribution in [3.8, 4) is 11.5 Å². The summed E-state index contributed by atoms with van der Waals surface area (Å²) in [5.41, 5.74) is 0.403.